The van der Waals surface area contributed by atoms with E-state index >= 15 is 0 Å². The van der Waals surface area contributed by atoms with Crippen molar-refractivity contribution in [3.63, 3.8) is 0 Å². The van der Waals surface area contributed by atoms with Crippen LogP contribution >= 0.6 is 15.8 Å². The van der Waals surface area contributed by atoms with Gasteiger partial charge in [0.2, 0.25) is 0 Å². The van der Waals surface area contributed by atoms with Crippen LogP contribution in [-0.2, 0) is 0 Å². The molecule has 0 saturated carbocycles. The summed E-state index contributed by atoms with van der Waals surface area (Å²) in [5, 5.41) is 3.17. The number of halogens is 1. The summed E-state index contributed by atoms with van der Waals surface area (Å²) < 4.78 is 0. The van der Waals surface area contributed by atoms with Crippen molar-refractivity contribution in [3.05, 3.63) is 0 Å². The van der Waals surface area contributed by atoms with E-state index in [4.69, 9.17) is 0 Å². The molecule has 0 aromatic heterocycles. The maximum Gasteiger partial charge on any atom is 0.189 e. The molecule has 0 bridgehead atoms. The highest BCUT2D eigenvalue weighted by Crippen LogP contribution is 1.84. The summed E-state index contributed by atoms with van der Waals surface area (Å²) in [6.07, 6.45) is 0. The van der Waals surface area contributed by atoms with Crippen LogP contribution in [0.15, 0.2) is 0 Å². The minimum atomic E-state index is 0.491. The van der Waals surface area contributed by atoms with Crippen LogP contribution in [0.3, 0.4) is 0 Å². The van der Waals surface area contributed by atoms with Crippen molar-refractivity contribution in [2.75, 3.05) is 6.54 Å². The summed E-state index contributed by atoms with van der Waals surface area (Å²) in [7, 11) is 0.993. The van der Waals surface area contributed by atoms with Gasteiger partial charge in [0.15, 0.2) is 13.3 Å². The Balaban J connectivity index is 3.12. The number of rotatable bonds is 3. The smallest absolute Gasteiger partial charge is 0.189 e. The summed E-state index contributed by atoms with van der Waals surface area (Å²) >= 11 is 3.32. The molecule has 0 aromatic carbocycles. The van der Waals surface area contributed by atoms with Crippen molar-refractivity contribution in [2.24, 2.45) is 5.92 Å². The molecule has 0 amide bonds. The van der Waals surface area contributed by atoms with Gasteiger partial charge < -0.3 is 5.23 Å². The van der Waals surface area contributed by atoms with Crippen LogP contribution in [-0.4, -0.2) is 19.8 Å². The molecule has 0 aromatic rings. The summed E-state index contributed by atoms with van der Waals surface area (Å²) in [6.45, 7) is 5.00. The monoisotopic (exact) mass is 199 g/mol. The first-order valence-electron chi connectivity index (χ1n) is 3.52. The lowest BCUT2D eigenvalue weighted by atomic mass is 9.67. The lowest BCUT2D eigenvalue weighted by molar-refractivity contribution is 0.864. The lowest BCUT2D eigenvalue weighted by Crippen LogP contribution is -2.22. The van der Waals surface area contributed by atoms with Crippen molar-refractivity contribution in [3.8, 4) is 11.8 Å². The molecule has 0 radical (unpaired) electrons. The largest absolute Gasteiger partial charge is 0.355 e. The summed E-state index contributed by atoms with van der Waals surface area (Å²) in [4.78, 5) is 0. The fourth-order valence-electron chi connectivity index (χ4n) is 0.473. The highest BCUT2D eigenvalue weighted by atomic mass is 79.9. The van der Waals surface area contributed by atoms with Gasteiger partial charge in [0.05, 0.1) is 0 Å². The molecule has 0 aliphatic rings. The molecule has 0 saturated heterocycles. The SMILES string of the molecule is CC(C)C#CCNBBBr. The molecule has 0 fully saturated rings. The number of hydrogen-bond donors (Lipinski definition) is 1. The van der Waals surface area contributed by atoms with Crippen LogP contribution in [0.2, 0.25) is 0 Å². The Labute approximate surface area is 72.8 Å². The topological polar surface area (TPSA) is 12.0 Å². The van der Waals surface area contributed by atoms with E-state index in [0.29, 0.717) is 5.92 Å². The predicted molar refractivity (Wildman–Crippen MR) is 53.8 cm³/mol. The van der Waals surface area contributed by atoms with Gasteiger partial charge in [-0.2, -0.15) is 15.8 Å². The van der Waals surface area contributed by atoms with Gasteiger partial charge in [-0.25, -0.2) is 0 Å². The number of hydrogen-bond acceptors (Lipinski definition) is 1. The second-order valence-corrected chi connectivity index (χ2v) is 3.13. The molecule has 0 spiro atoms. The third-order valence-corrected chi connectivity index (χ3v) is 1.27. The van der Waals surface area contributed by atoms with Gasteiger partial charge in [-0.1, -0.05) is 25.7 Å². The van der Waals surface area contributed by atoms with Crippen LogP contribution in [0, 0.1) is 17.8 Å². The van der Waals surface area contributed by atoms with Crippen LogP contribution in [0.1, 0.15) is 13.8 Å². The Bertz CT molecular complexity index is 127. The zero-order valence-corrected chi connectivity index (χ0v) is 8.16. The zero-order chi connectivity index (χ0) is 7.82. The maximum atomic E-state index is 3.32. The first-order valence-corrected chi connectivity index (χ1v) is 4.64. The molecule has 0 atom stereocenters. The van der Waals surface area contributed by atoms with E-state index in [0.717, 1.165) is 19.8 Å². The van der Waals surface area contributed by atoms with Gasteiger partial charge >= 0.3 is 0 Å². The van der Waals surface area contributed by atoms with Gasteiger partial charge in [-0.15, -0.1) is 0 Å². The fraction of sp³-hybridized carbons (Fsp3) is 0.667. The Hall–Kier alpha value is 0.130. The van der Waals surface area contributed by atoms with Crippen molar-refractivity contribution >= 4 is 29.1 Å². The van der Waals surface area contributed by atoms with Gasteiger partial charge in [0.1, 0.15) is 0 Å². The zero-order valence-electron chi connectivity index (χ0n) is 6.58. The molecule has 0 aliphatic carbocycles. The van der Waals surface area contributed by atoms with Gasteiger partial charge in [-0.3, -0.25) is 0 Å². The second-order valence-electron chi connectivity index (χ2n) is 2.34. The second kappa shape index (κ2) is 7.24. The molecule has 54 valence electrons. The summed E-state index contributed by atoms with van der Waals surface area (Å²) in [6, 6.07) is 0. The maximum absolute atomic E-state index is 3.32. The molecular formula is C6H12B2BrN. The van der Waals surface area contributed by atoms with Gasteiger partial charge in [0.25, 0.3) is 0 Å². The Morgan fingerprint density at radius 2 is 2.30 bits per heavy atom. The summed E-state index contributed by atoms with van der Waals surface area (Å²) in [5.41, 5.74) is 0. The highest BCUT2D eigenvalue weighted by molar-refractivity contribution is 9.24. The van der Waals surface area contributed by atoms with Crippen LogP contribution < -0.4 is 5.23 Å². The van der Waals surface area contributed by atoms with Crippen molar-refractivity contribution in [1.29, 1.82) is 0 Å². The Kier molecular flexibility index (Phi) is 7.33. The summed E-state index contributed by atoms with van der Waals surface area (Å²) in [5.74, 6) is 7.60. The molecule has 4 heteroatoms. The minimum Gasteiger partial charge on any atom is -0.355 e. The molecular weight excluding hydrogens is 188 g/mol. The van der Waals surface area contributed by atoms with Crippen LogP contribution in [0.5, 0.6) is 0 Å². The van der Waals surface area contributed by atoms with E-state index in [9.17, 15) is 0 Å². The Morgan fingerprint density at radius 1 is 1.60 bits per heavy atom. The van der Waals surface area contributed by atoms with E-state index in [-0.39, 0.29) is 0 Å². The third-order valence-electron chi connectivity index (χ3n) is 0.875. The predicted octanol–water partition coefficient (Wildman–Crippen LogP) is 0.248. The molecule has 1 N–H and O–H groups in total. The first-order chi connectivity index (χ1) is 4.77. The van der Waals surface area contributed by atoms with E-state index in [2.05, 4.69) is 46.7 Å². The van der Waals surface area contributed by atoms with Gasteiger partial charge in [0, 0.05) is 12.5 Å². The van der Waals surface area contributed by atoms with E-state index in [1.807, 2.05) is 0 Å². The number of nitrogens with one attached hydrogen (secondary N) is 1. The van der Waals surface area contributed by atoms with E-state index in [1.54, 1.807) is 0 Å². The van der Waals surface area contributed by atoms with E-state index < -0.39 is 0 Å². The average molecular weight is 200 g/mol. The van der Waals surface area contributed by atoms with Crippen LogP contribution in [0.25, 0.3) is 0 Å². The fourth-order valence-corrected chi connectivity index (χ4v) is 0.753. The quantitative estimate of drug-likeness (QED) is 0.391. The molecule has 1 nitrogen and oxygen atoms in total. The molecule has 0 aliphatic heterocycles. The standard InChI is InChI=1S/C6H12B2BrN/c1-6(2)4-3-5-10-8-7-9/h6-8,10H,5H2,1-2H3. The molecule has 10 heavy (non-hydrogen) atoms. The lowest BCUT2D eigenvalue weighted by Gasteiger charge is -1.91. The van der Waals surface area contributed by atoms with Crippen LogP contribution in [0.4, 0.5) is 0 Å². The van der Waals surface area contributed by atoms with Crippen molar-refractivity contribution in [1.82, 2.24) is 5.23 Å². The average Bonchev–Trinajstić information content (AvgIpc) is 1.87. The van der Waals surface area contributed by atoms with Crippen molar-refractivity contribution < 1.29 is 0 Å². The normalized spacial score (nSPS) is 8.40. The molecule has 0 unspecified atom stereocenters. The molecule has 0 rings (SSSR count). The van der Waals surface area contributed by atoms with Crippen molar-refractivity contribution in [2.45, 2.75) is 13.8 Å². The molecule has 0 heterocycles. The van der Waals surface area contributed by atoms with E-state index in [1.165, 1.54) is 0 Å². The van der Waals surface area contributed by atoms with Gasteiger partial charge in [-0.05, 0) is 0 Å². The third kappa shape index (κ3) is 8.13. The highest BCUT2D eigenvalue weighted by Gasteiger charge is 1.84. The minimum absolute atomic E-state index is 0.491. The Morgan fingerprint density at radius 3 is 2.80 bits per heavy atom. The first kappa shape index (κ1) is 10.1.